The number of piperidine rings is 1. The summed E-state index contributed by atoms with van der Waals surface area (Å²) >= 11 is 6.11. The largest absolute Gasteiger partial charge is 0.451 e. The minimum atomic E-state index is -0.796. The molecule has 0 bridgehead atoms. The zero-order chi connectivity index (χ0) is 21.7. The number of carbonyl (C=O) groups is 2. The van der Waals surface area contributed by atoms with Gasteiger partial charge >= 0.3 is 5.97 Å². The van der Waals surface area contributed by atoms with Crippen LogP contribution in [0.3, 0.4) is 0 Å². The van der Waals surface area contributed by atoms with E-state index in [1.54, 1.807) is 11.0 Å². The van der Waals surface area contributed by atoms with Crippen molar-refractivity contribution in [3.63, 3.8) is 0 Å². The molecule has 2 aromatic rings. The highest BCUT2D eigenvalue weighted by molar-refractivity contribution is 6.30. The number of ether oxygens (including phenoxy) is 1. The van der Waals surface area contributed by atoms with Gasteiger partial charge in [0.05, 0.1) is 0 Å². The van der Waals surface area contributed by atoms with Crippen molar-refractivity contribution < 1.29 is 14.3 Å². The Morgan fingerprint density at radius 3 is 2.60 bits per heavy atom. The minimum Gasteiger partial charge on any atom is -0.451 e. The fourth-order valence-corrected chi connectivity index (χ4v) is 3.86. The van der Waals surface area contributed by atoms with Crippen LogP contribution in [0, 0.1) is 25.2 Å². The third-order valence-corrected chi connectivity index (χ3v) is 5.45. The zero-order valence-electron chi connectivity index (χ0n) is 17.2. The number of halogens is 1. The summed E-state index contributed by atoms with van der Waals surface area (Å²) in [4.78, 5) is 26.3. The maximum absolute atomic E-state index is 12.4. The number of likely N-dealkylation sites (tertiary alicyclic amines) is 1. The van der Waals surface area contributed by atoms with Gasteiger partial charge in [0.2, 0.25) is 0 Å². The van der Waals surface area contributed by atoms with E-state index in [0.717, 1.165) is 41.9 Å². The average molecular weight is 426 g/mol. The standard InChI is InChI=1S/C23H24ClN3O3/c1-16-11-18(17(2)27(16)21-8-6-7-20(24)13-21)12-19(14-25)23(29)30-15-22(28)26-9-4-3-5-10-26/h6-8,11-13H,3-5,9-10,15H2,1-2H3/b19-12-. The number of amides is 1. The van der Waals surface area contributed by atoms with Crippen molar-refractivity contribution in [3.8, 4) is 11.8 Å². The van der Waals surface area contributed by atoms with Crippen molar-refractivity contribution in [2.24, 2.45) is 0 Å². The average Bonchev–Trinajstić information content (AvgIpc) is 3.03. The van der Waals surface area contributed by atoms with E-state index in [0.29, 0.717) is 18.1 Å². The van der Waals surface area contributed by atoms with Gasteiger partial charge in [-0.3, -0.25) is 4.79 Å². The Kier molecular flexibility index (Phi) is 6.96. The van der Waals surface area contributed by atoms with Crippen molar-refractivity contribution in [2.75, 3.05) is 19.7 Å². The molecule has 0 spiro atoms. The Morgan fingerprint density at radius 1 is 1.20 bits per heavy atom. The van der Waals surface area contributed by atoms with Gasteiger partial charge in [0, 0.05) is 35.2 Å². The fourth-order valence-electron chi connectivity index (χ4n) is 3.68. The quantitative estimate of drug-likeness (QED) is 0.408. The lowest BCUT2D eigenvalue weighted by atomic mass is 10.1. The maximum Gasteiger partial charge on any atom is 0.349 e. The number of carbonyl (C=O) groups excluding carboxylic acids is 2. The Morgan fingerprint density at radius 2 is 1.93 bits per heavy atom. The van der Waals surface area contributed by atoms with Crippen LogP contribution < -0.4 is 0 Å². The van der Waals surface area contributed by atoms with Gasteiger partial charge in [-0.25, -0.2) is 4.79 Å². The number of aryl methyl sites for hydroxylation is 1. The molecule has 1 aromatic heterocycles. The van der Waals surface area contributed by atoms with E-state index in [2.05, 4.69) is 0 Å². The first kappa shape index (κ1) is 21.7. The third kappa shape index (κ3) is 4.92. The number of benzene rings is 1. The molecule has 7 heteroatoms. The van der Waals surface area contributed by atoms with Crippen molar-refractivity contribution >= 4 is 29.6 Å². The van der Waals surface area contributed by atoms with Gasteiger partial charge in [-0.1, -0.05) is 17.7 Å². The van der Waals surface area contributed by atoms with Gasteiger partial charge in [0.25, 0.3) is 5.91 Å². The van der Waals surface area contributed by atoms with E-state index >= 15 is 0 Å². The second kappa shape index (κ2) is 9.64. The SMILES string of the molecule is Cc1cc(/C=C(/C#N)C(=O)OCC(=O)N2CCCCC2)c(C)n1-c1cccc(Cl)c1. The highest BCUT2D eigenvalue weighted by Crippen LogP contribution is 2.24. The molecule has 1 aromatic carbocycles. The van der Waals surface area contributed by atoms with Crippen LogP contribution in [0.1, 0.15) is 36.2 Å². The van der Waals surface area contributed by atoms with Crippen LogP contribution in [-0.4, -0.2) is 41.0 Å². The first-order valence-corrected chi connectivity index (χ1v) is 10.3. The van der Waals surface area contributed by atoms with Crippen LogP contribution in [0.4, 0.5) is 0 Å². The van der Waals surface area contributed by atoms with Crippen LogP contribution in [0.5, 0.6) is 0 Å². The molecule has 0 atom stereocenters. The molecule has 30 heavy (non-hydrogen) atoms. The van der Waals surface area contributed by atoms with Gasteiger partial charge in [0.15, 0.2) is 6.61 Å². The lowest BCUT2D eigenvalue weighted by Gasteiger charge is -2.26. The van der Waals surface area contributed by atoms with Crippen molar-refractivity contribution in [3.05, 3.63) is 57.9 Å². The molecular weight excluding hydrogens is 402 g/mol. The predicted molar refractivity (Wildman–Crippen MR) is 115 cm³/mol. The highest BCUT2D eigenvalue weighted by atomic mass is 35.5. The van der Waals surface area contributed by atoms with E-state index in [4.69, 9.17) is 16.3 Å². The Hall–Kier alpha value is -3.04. The maximum atomic E-state index is 12.4. The molecule has 6 nitrogen and oxygen atoms in total. The number of nitrogens with zero attached hydrogens (tertiary/aromatic N) is 3. The van der Waals surface area contributed by atoms with Crippen LogP contribution >= 0.6 is 11.6 Å². The van der Waals surface area contributed by atoms with Gasteiger partial charge < -0.3 is 14.2 Å². The number of rotatable bonds is 5. The smallest absolute Gasteiger partial charge is 0.349 e. The number of nitriles is 1. The molecule has 0 radical (unpaired) electrons. The summed E-state index contributed by atoms with van der Waals surface area (Å²) in [6.07, 6.45) is 4.53. The van der Waals surface area contributed by atoms with Crippen LogP contribution in [0.25, 0.3) is 11.8 Å². The third-order valence-electron chi connectivity index (χ3n) is 5.21. The first-order chi connectivity index (χ1) is 14.4. The van der Waals surface area contributed by atoms with Crippen molar-refractivity contribution in [1.82, 2.24) is 9.47 Å². The number of hydrogen-bond donors (Lipinski definition) is 0. The van der Waals surface area contributed by atoms with E-state index in [9.17, 15) is 14.9 Å². The van der Waals surface area contributed by atoms with Crippen LogP contribution in [0.15, 0.2) is 35.9 Å². The van der Waals surface area contributed by atoms with Gasteiger partial charge in [-0.2, -0.15) is 5.26 Å². The Balaban J connectivity index is 1.76. The Bertz CT molecular complexity index is 1030. The first-order valence-electron chi connectivity index (χ1n) is 9.92. The summed E-state index contributed by atoms with van der Waals surface area (Å²) in [5.41, 5.74) is 3.27. The second-order valence-electron chi connectivity index (χ2n) is 7.33. The number of hydrogen-bond acceptors (Lipinski definition) is 4. The summed E-state index contributed by atoms with van der Waals surface area (Å²) < 4.78 is 7.11. The van der Waals surface area contributed by atoms with E-state index in [-0.39, 0.29) is 18.1 Å². The molecule has 156 valence electrons. The Labute approximate surface area is 181 Å². The van der Waals surface area contributed by atoms with E-state index in [1.807, 2.05) is 48.7 Å². The molecule has 1 fully saturated rings. The molecule has 0 unspecified atom stereocenters. The van der Waals surface area contributed by atoms with Crippen molar-refractivity contribution in [2.45, 2.75) is 33.1 Å². The summed E-state index contributed by atoms with van der Waals surface area (Å²) in [5, 5.41) is 10.1. The lowest BCUT2D eigenvalue weighted by Crippen LogP contribution is -2.38. The molecule has 2 heterocycles. The highest BCUT2D eigenvalue weighted by Gasteiger charge is 2.20. The monoisotopic (exact) mass is 425 g/mol. The predicted octanol–water partition coefficient (Wildman–Crippen LogP) is 4.21. The molecule has 1 amide bonds. The summed E-state index contributed by atoms with van der Waals surface area (Å²) in [5.74, 6) is -1.02. The van der Waals surface area contributed by atoms with Gasteiger partial charge in [-0.05, 0) is 69.0 Å². The number of aromatic nitrogens is 1. The van der Waals surface area contributed by atoms with Crippen LogP contribution in [0.2, 0.25) is 5.02 Å². The topological polar surface area (TPSA) is 75.3 Å². The molecule has 1 aliphatic heterocycles. The summed E-state index contributed by atoms with van der Waals surface area (Å²) in [6, 6.07) is 11.2. The van der Waals surface area contributed by atoms with Crippen molar-refractivity contribution in [1.29, 1.82) is 5.26 Å². The second-order valence-corrected chi connectivity index (χ2v) is 7.77. The normalized spacial score (nSPS) is 14.3. The number of esters is 1. The summed E-state index contributed by atoms with van der Waals surface area (Å²) in [6.45, 7) is 4.87. The van der Waals surface area contributed by atoms with E-state index < -0.39 is 5.97 Å². The molecule has 1 aliphatic rings. The summed E-state index contributed by atoms with van der Waals surface area (Å²) in [7, 11) is 0. The minimum absolute atomic E-state index is 0.146. The molecule has 0 N–H and O–H groups in total. The molecule has 1 saturated heterocycles. The lowest BCUT2D eigenvalue weighted by molar-refractivity contribution is -0.149. The molecule has 0 saturated carbocycles. The van der Waals surface area contributed by atoms with Gasteiger partial charge in [-0.15, -0.1) is 0 Å². The zero-order valence-corrected chi connectivity index (χ0v) is 17.9. The molecular formula is C23H24ClN3O3. The fraction of sp³-hybridized carbons (Fsp3) is 0.348. The van der Waals surface area contributed by atoms with E-state index in [1.165, 1.54) is 6.08 Å². The van der Waals surface area contributed by atoms with Crippen LogP contribution in [-0.2, 0) is 14.3 Å². The molecule has 3 rings (SSSR count). The molecule has 0 aliphatic carbocycles. The van der Waals surface area contributed by atoms with Gasteiger partial charge in [0.1, 0.15) is 11.6 Å².